The Balaban J connectivity index is 2.04. The molecule has 0 unspecified atom stereocenters. The molecule has 0 amide bonds. The van der Waals surface area contributed by atoms with Crippen molar-refractivity contribution in [1.82, 2.24) is 4.31 Å². The van der Waals surface area contributed by atoms with Gasteiger partial charge in [-0.1, -0.05) is 48.0 Å². The van der Waals surface area contributed by atoms with Crippen molar-refractivity contribution in [3.63, 3.8) is 0 Å². The molecule has 2 aromatic rings. The first-order chi connectivity index (χ1) is 10.4. The fraction of sp³-hybridized carbons (Fsp3) is 0.333. The molecule has 1 aliphatic heterocycles. The lowest BCUT2D eigenvalue weighted by molar-refractivity contribution is 0.270. The van der Waals surface area contributed by atoms with Gasteiger partial charge in [-0.3, -0.25) is 0 Å². The monoisotopic (exact) mass is 315 g/mol. The average Bonchev–Trinajstić information content (AvgIpc) is 2.93. The van der Waals surface area contributed by atoms with Gasteiger partial charge in [-0.2, -0.15) is 4.31 Å². The smallest absolute Gasteiger partial charge is 0.207 e. The Bertz CT molecular complexity index is 753. The van der Waals surface area contributed by atoms with E-state index in [1.165, 1.54) is 0 Å². The summed E-state index contributed by atoms with van der Waals surface area (Å²) in [6.45, 7) is 4.56. The molecular weight excluding hydrogens is 294 g/mol. The van der Waals surface area contributed by atoms with Gasteiger partial charge in [-0.05, 0) is 44.4 Å². The van der Waals surface area contributed by atoms with Crippen LogP contribution in [0.4, 0.5) is 0 Å². The van der Waals surface area contributed by atoms with Crippen LogP contribution in [0.2, 0.25) is 0 Å². The Morgan fingerprint density at radius 3 is 2.27 bits per heavy atom. The van der Waals surface area contributed by atoms with E-state index in [0.717, 1.165) is 24.0 Å². The van der Waals surface area contributed by atoms with Gasteiger partial charge in [0.05, 0.1) is 10.4 Å². The van der Waals surface area contributed by atoms with Crippen molar-refractivity contribution in [3.8, 4) is 0 Å². The van der Waals surface area contributed by atoms with Crippen molar-refractivity contribution in [2.24, 2.45) is 0 Å². The number of sulfonamides is 1. The second-order valence-electron chi connectivity index (χ2n) is 6.13. The van der Waals surface area contributed by atoms with Crippen LogP contribution in [0.3, 0.4) is 0 Å². The Labute approximate surface area is 132 Å². The van der Waals surface area contributed by atoms with E-state index in [2.05, 4.69) is 0 Å². The van der Waals surface area contributed by atoms with E-state index in [1.807, 2.05) is 56.3 Å². The summed E-state index contributed by atoms with van der Waals surface area (Å²) in [5.41, 5.74) is 1.65. The second-order valence-corrected chi connectivity index (χ2v) is 8.00. The molecule has 1 aliphatic rings. The molecular formula is C18H21NO2S. The number of rotatable bonds is 3. The molecule has 0 N–H and O–H groups in total. The van der Waals surface area contributed by atoms with Gasteiger partial charge in [0.1, 0.15) is 0 Å². The fourth-order valence-electron chi connectivity index (χ4n) is 3.25. The average molecular weight is 315 g/mol. The summed E-state index contributed by atoms with van der Waals surface area (Å²) in [5, 5.41) is 0. The van der Waals surface area contributed by atoms with Crippen LogP contribution < -0.4 is 0 Å². The van der Waals surface area contributed by atoms with Crippen LogP contribution in [-0.2, 0) is 15.6 Å². The zero-order chi connectivity index (χ0) is 15.8. The highest BCUT2D eigenvalue weighted by Crippen LogP contribution is 2.41. The number of benzene rings is 2. The van der Waals surface area contributed by atoms with Crippen LogP contribution in [-0.4, -0.2) is 19.3 Å². The minimum atomic E-state index is -3.48. The highest BCUT2D eigenvalue weighted by atomic mass is 32.2. The van der Waals surface area contributed by atoms with Gasteiger partial charge in [0.15, 0.2) is 0 Å². The van der Waals surface area contributed by atoms with Crippen LogP contribution in [0.15, 0.2) is 59.5 Å². The van der Waals surface area contributed by atoms with E-state index in [1.54, 1.807) is 16.4 Å². The zero-order valence-corrected chi connectivity index (χ0v) is 13.8. The van der Waals surface area contributed by atoms with Gasteiger partial charge < -0.3 is 0 Å². The number of nitrogens with zero attached hydrogens (tertiary/aromatic N) is 1. The van der Waals surface area contributed by atoms with Crippen LogP contribution in [0.25, 0.3) is 0 Å². The van der Waals surface area contributed by atoms with Gasteiger partial charge in [-0.15, -0.1) is 0 Å². The Morgan fingerprint density at radius 1 is 1.00 bits per heavy atom. The fourth-order valence-corrected chi connectivity index (χ4v) is 5.08. The topological polar surface area (TPSA) is 37.4 Å². The first-order valence-electron chi connectivity index (χ1n) is 7.60. The number of hydrogen-bond donors (Lipinski definition) is 0. The van der Waals surface area contributed by atoms with E-state index in [4.69, 9.17) is 0 Å². The highest BCUT2D eigenvalue weighted by Gasteiger charge is 2.45. The van der Waals surface area contributed by atoms with Gasteiger partial charge in [0.25, 0.3) is 0 Å². The normalized spacial score (nSPS) is 22.8. The molecule has 116 valence electrons. The minimum Gasteiger partial charge on any atom is -0.207 e. The van der Waals surface area contributed by atoms with E-state index < -0.39 is 15.6 Å². The summed E-state index contributed by atoms with van der Waals surface area (Å²) in [6, 6.07) is 17.0. The maximum atomic E-state index is 13.1. The Morgan fingerprint density at radius 2 is 1.64 bits per heavy atom. The molecule has 0 radical (unpaired) electrons. The summed E-state index contributed by atoms with van der Waals surface area (Å²) in [5.74, 6) is 0. The Hall–Kier alpha value is -1.65. The standard InChI is InChI=1S/C18H21NO2S/c1-15-9-11-17(12-10-15)22(20,21)19-14-6-13-18(19,2)16-7-4-3-5-8-16/h3-5,7-12H,6,13-14H2,1-2H3/t18-/m1/s1. The molecule has 3 nitrogen and oxygen atoms in total. The van der Waals surface area contributed by atoms with E-state index in [9.17, 15) is 8.42 Å². The molecule has 1 atom stereocenters. The maximum Gasteiger partial charge on any atom is 0.243 e. The van der Waals surface area contributed by atoms with E-state index in [-0.39, 0.29) is 0 Å². The molecule has 4 heteroatoms. The lowest BCUT2D eigenvalue weighted by Crippen LogP contribution is -2.42. The quantitative estimate of drug-likeness (QED) is 0.866. The van der Waals surface area contributed by atoms with Crippen molar-refractivity contribution < 1.29 is 8.42 Å². The number of aryl methyl sites for hydroxylation is 1. The van der Waals surface area contributed by atoms with Gasteiger partial charge >= 0.3 is 0 Å². The molecule has 3 rings (SSSR count). The maximum absolute atomic E-state index is 13.1. The predicted octanol–water partition coefficient (Wildman–Crippen LogP) is 3.69. The van der Waals surface area contributed by atoms with Crippen LogP contribution in [0, 0.1) is 6.92 Å². The third-order valence-electron chi connectivity index (χ3n) is 4.58. The predicted molar refractivity (Wildman–Crippen MR) is 88.1 cm³/mol. The van der Waals surface area contributed by atoms with Crippen molar-refractivity contribution in [3.05, 3.63) is 65.7 Å². The van der Waals surface area contributed by atoms with Gasteiger partial charge in [0.2, 0.25) is 10.0 Å². The third kappa shape index (κ3) is 2.46. The van der Waals surface area contributed by atoms with Crippen LogP contribution in [0.5, 0.6) is 0 Å². The van der Waals surface area contributed by atoms with Gasteiger partial charge in [-0.25, -0.2) is 8.42 Å². The summed E-state index contributed by atoms with van der Waals surface area (Å²) < 4.78 is 27.8. The molecule has 0 aromatic heterocycles. The molecule has 1 saturated heterocycles. The number of hydrogen-bond acceptors (Lipinski definition) is 2. The Kier molecular flexibility index (Phi) is 3.83. The first-order valence-corrected chi connectivity index (χ1v) is 9.04. The molecule has 0 aliphatic carbocycles. The first kappa shape index (κ1) is 15.3. The zero-order valence-electron chi connectivity index (χ0n) is 13.0. The second kappa shape index (κ2) is 5.52. The summed E-state index contributed by atoms with van der Waals surface area (Å²) in [7, 11) is -3.48. The summed E-state index contributed by atoms with van der Waals surface area (Å²) >= 11 is 0. The summed E-state index contributed by atoms with van der Waals surface area (Å²) in [4.78, 5) is 0.377. The van der Waals surface area contributed by atoms with E-state index >= 15 is 0 Å². The molecule has 2 aromatic carbocycles. The van der Waals surface area contributed by atoms with Gasteiger partial charge in [0, 0.05) is 6.54 Å². The molecule has 0 bridgehead atoms. The minimum absolute atomic E-state index is 0.377. The van der Waals surface area contributed by atoms with Crippen molar-refractivity contribution in [2.75, 3.05) is 6.54 Å². The molecule has 22 heavy (non-hydrogen) atoms. The molecule has 0 saturated carbocycles. The van der Waals surface area contributed by atoms with E-state index in [0.29, 0.717) is 11.4 Å². The lowest BCUT2D eigenvalue weighted by Gasteiger charge is -2.35. The molecule has 0 spiro atoms. The molecule has 1 fully saturated rings. The SMILES string of the molecule is Cc1ccc(S(=O)(=O)N2CCC[C@]2(C)c2ccccc2)cc1. The van der Waals surface area contributed by atoms with Crippen LogP contribution in [0.1, 0.15) is 30.9 Å². The molecule has 1 heterocycles. The summed E-state index contributed by atoms with van der Waals surface area (Å²) in [6.07, 6.45) is 1.73. The lowest BCUT2D eigenvalue weighted by atomic mass is 9.91. The van der Waals surface area contributed by atoms with Crippen molar-refractivity contribution in [2.45, 2.75) is 37.1 Å². The highest BCUT2D eigenvalue weighted by molar-refractivity contribution is 7.89. The third-order valence-corrected chi connectivity index (χ3v) is 6.61. The van der Waals surface area contributed by atoms with Crippen molar-refractivity contribution in [1.29, 1.82) is 0 Å². The van der Waals surface area contributed by atoms with Crippen molar-refractivity contribution >= 4 is 10.0 Å². The largest absolute Gasteiger partial charge is 0.243 e. The van der Waals surface area contributed by atoms with Crippen LogP contribution >= 0.6 is 0 Å².